The molecular weight excluding hydrogens is 254 g/mol. The minimum absolute atomic E-state index is 0.279. The number of rotatable bonds is 9. The minimum Gasteiger partial charge on any atom is -0.494 e. The van der Waals surface area contributed by atoms with Crippen molar-refractivity contribution in [2.75, 3.05) is 33.9 Å². The van der Waals surface area contributed by atoms with E-state index in [0.717, 1.165) is 24.3 Å². The van der Waals surface area contributed by atoms with E-state index in [1.54, 1.807) is 7.11 Å². The summed E-state index contributed by atoms with van der Waals surface area (Å²) in [6, 6.07) is 7.94. The van der Waals surface area contributed by atoms with Crippen LogP contribution in [0, 0.1) is 0 Å². The predicted octanol–water partition coefficient (Wildman–Crippen LogP) is 2.48. The van der Waals surface area contributed by atoms with Crippen molar-refractivity contribution >= 4 is 0 Å². The third-order valence-corrected chi connectivity index (χ3v) is 3.36. The Balaban J connectivity index is 2.52. The minimum atomic E-state index is -0.500. The maximum atomic E-state index is 10.3. The van der Waals surface area contributed by atoms with Crippen LogP contribution < -0.4 is 4.74 Å². The molecule has 1 rings (SSSR count). The lowest BCUT2D eigenvalue weighted by Gasteiger charge is -2.26. The number of methoxy groups -OCH3 is 1. The van der Waals surface area contributed by atoms with Crippen LogP contribution in [-0.4, -0.2) is 50.0 Å². The SMILES string of the molecule is CCCOc1ccc(C(O)CN(C)C(C)COC)cc1. The highest BCUT2D eigenvalue weighted by Crippen LogP contribution is 2.19. The van der Waals surface area contributed by atoms with E-state index in [-0.39, 0.29) is 6.04 Å². The molecule has 0 heterocycles. The van der Waals surface area contributed by atoms with Crippen molar-refractivity contribution in [3.8, 4) is 5.75 Å². The largest absolute Gasteiger partial charge is 0.494 e. The van der Waals surface area contributed by atoms with E-state index in [4.69, 9.17) is 9.47 Å². The molecular formula is C16H27NO3. The summed E-state index contributed by atoms with van der Waals surface area (Å²) in [5, 5.41) is 10.3. The van der Waals surface area contributed by atoms with Gasteiger partial charge in [0.1, 0.15) is 5.75 Å². The fourth-order valence-electron chi connectivity index (χ4n) is 1.93. The van der Waals surface area contributed by atoms with Crippen LogP contribution in [0.15, 0.2) is 24.3 Å². The first kappa shape index (κ1) is 17.0. The Kier molecular flexibility index (Phi) is 7.59. The van der Waals surface area contributed by atoms with E-state index in [0.29, 0.717) is 13.2 Å². The fraction of sp³-hybridized carbons (Fsp3) is 0.625. The average Bonchev–Trinajstić information content (AvgIpc) is 2.45. The number of ether oxygens (including phenoxy) is 2. The maximum absolute atomic E-state index is 10.3. The second-order valence-corrected chi connectivity index (χ2v) is 5.18. The number of nitrogens with zero attached hydrogens (tertiary/aromatic N) is 1. The van der Waals surface area contributed by atoms with Gasteiger partial charge < -0.3 is 14.6 Å². The standard InChI is InChI=1S/C16H27NO3/c1-5-10-20-15-8-6-14(7-9-15)16(18)11-17(3)13(2)12-19-4/h6-9,13,16,18H,5,10-12H2,1-4H3. The molecule has 0 aliphatic heterocycles. The van der Waals surface area contributed by atoms with Crippen molar-refractivity contribution in [1.29, 1.82) is 0 Å². The summed E-state index contributed by atoms with van der Waals surface area (Å²) >= 11 is 0. The second-order valence-electron chi connectivity index (χ2n) is 5.18. The van der Waals surface area contributed by atoms with Gasteiger partial charge >= 0.3 is 0 Å². The number of benzene rings is 1. The Labute approximate surface area is 122 Å². The molecule has 2 unspecified atom stereocenters. The molecule has 1 aromatic rings. The van der Waals surface area contributed by atoms with Gasteiger partial charge in [-0.25, -0.2) is 0 Å². The number of likely N-dealkylation sites (N-methyl/N-ethyl adjacent to an activating group) is 1. The maximum Gasteiger partial charge on any atom is 0.119 e. The first-order chi connectivity index (χ1) is 9.58. The molecule has 0 saturated heterocycles. The van der Waals surface area contributed by atoms with Crippen LogP contribution in [0.1, 0.15) is 31.9 Å². The molecule has 1 aromatic carbocycles. The molecule has 0 saturated carbocycles. The highest BCUT2D eigenvalue weighted by atomic mass is 16.5. The molecule has 4 heteroatoms. The van der Waals surface area contributed by atoms with Crippen LogP contribution in [0.3, 0.4) is 0 Å². The smallest absolute Gasteiger partial charge is 0.119 e. The van der Waals surface area contributed by atoms with Crippen molar-refractivity contribution in [3.05, 3.63) is 29.8 Å². The van der Waals surface area contributed by atoms with Crippen molar-refractivity contribution in [2.24, 2.45) is 0 Å². The average molecular weight is 281 g/mol. The third kappa shape index (κ3) is 5.49. The first-order valence-electron chi connectivity index (χ1n) is 7.18. The lowest BCUT2D eigenvalue weighted by molar-refractivity contribution is 0.0709. The molecule has 0 aromatic heterocycles. The fourth-order valence-corrected chi connectivity index (χ4v) is 1.93. The van der Waals surface area contributed by atoms with Crippen LogP contribution in [0.4, 0.5) is 0 Å². The van der Waals surface area contributed by atoms with Crippen molar-refractivity contribution < 1.29 is 14.6 Å². The predicted molar refractivity (Wildman–Crippen MR) is 81.2 cm³/mol. The lowest BCUT2D eigenvalue weighted by atomic mass is 10.1. The zero-order valence-electron chi connectivity index (χ0n) is 13.0. The van der Waals surface area contributed by atoms with Crippen molar-refractivity contribution in [2.45, 2.75) is 32.4 Å². The molecule has 4 nitrogen and oxygen atoms in total. The molecule has 0 amide bonds. The Hall–Kier alpha value is -1.10. The molecule has 0 aliphatic rings. The van der Waals surface area contributed by atoms with E-state index >= 15 is 0 Å². The van der Waals surface area contributed by atoms with Gasteiger partial charge in [-0.2, -0.15) is 0 Å². The summed E-state index contributed by atoms with van der Waals surface area (Å²) in [4.78, 5) is 2.09. The molecule has 1 N–H and O–H groups in total. The van der Waals surface area contributed by atoms with Gasteiger partial charge in [-0.1, -0.05) is 19.1 Å². The summed E-state index contributed by atoms with van der Waals surface area (Å²) in [6.45, 7) is 6.12. The zero-order chi connectivity index (χ0) is 15.0. The van der Waals surface area contributed by atoms with E-state index in [1.165, 1.54) is 0 Å². The molecule has 114 valence electrons. The Morgan fingerprint density at radius 3 is 2.45 bits per heavy atom. The van der Waals surface area contributed by atoms with Gasteiger partial charge in [-0.3, -0.25) is 4.90 Å². The van der Waals surface area contributed by atoms with Gasteiger partial charge in [0.25, 0.3) is 0 Å². The summed E-state index contributed by atoms with van der Waals surface area (Å²) in [6.07, 6.45) is 0.492. The summed E-state index contributed by atoms with van der Waals surface area (Å²) in [5.41, 5.74) is 0.908. The van der Waals surface area contributed by atoms with Gasteiger partial charge in [0.05, 0.1) is 19.3 Å². The van der Waals surface area contributed by atoms with Crippen LogP contribution in [0.25, 0.3) is 0 Å². The Morgan fingerprint density at radius 1 is 1.25 bits per heavy atom. The first-order valence-corrected chi connectivity index (χ1v) is 7.18. The highest BCUT2D eigenvalue weighted by Gasteiger charge is 2.15. The third-order valence-electron chi connectivity index (χ3n) is 3.36. The van der Waals surface area contributed by atoms with Crippen LogP contribution in [-0.2, 0) is 4.74 Å². The lowest BCUT2D eigenvalue weighted by Crippen LogP contribution is -2.35. The van der Waals surface area contributed by atoms with E-state index in [9.17, 15) is 5.11 Å². The van der Waals surface area contributed by atoms with Gasteiger partial charge in [-0.05, 0) is 38.1 Å². The monoisotopic (exact) mass is 281 g/mol. The normalized spacial score (nSPS) is 14.3. The Morgan fingerprint density at radius 2 is 1.90 bits per heavy atom. The highest BCUT2D eigenvalue weighted by molar-refractivity contribution is 5.28. The van der Waals surface area contributed by atoms with Crippen molar-refractivity contribution in [1.82, 2.24) is 4.90 Å². The number of aliphatic hydroxyl groups excluding tert-OH is 1. The number of hydrogen-bond acceptors (Lipinski definition) is 4. The van der Waals surface area contributed by atoms with E-state index in [1.807, 2.05) is 31.3 Å². The molecule has 0 aliphatic carbocycles. The van der Waals surface area contributed by atoms with Gasteiger partial charge in [-0.15, -0.1) is 0 Å². The van der Waals surface area contributed by atoms with Crippen molar-refractivity contribution in [3.63, 3.8) is 0 Å². The summed E-state index contributed by atoms with van der Waals surface area (Å²) in [5.74, 6) is 0.851. The molecule has 0 fully saturated rings. The van der Waals surface area contributed by atoms with E-state index in [2.05, 4.69) is 18.7 Å². The molecule has 2 atom stereocenters. The number of hydrogen-bond donors (Lipinski definition) is 1. The topological polar surface area (TPSA) is 41.9 Å². The van der Waals surface area contributed by atoms with Crippen LogP contribution >= 0.6 is 0 Å². The molecule has 0 bridgehead atoms. The number of aliphatic hydroxyl groups is 1. The molecule has 20 heavy (non-hydrogen) atoms. The van der Waals surface area contributed by atoms with Crippen LogP contribution in [0.2, 0.25) is 0 Å². The molecule has 0 spiro atoms. The van der Waals surface area contributed by atoms with Gasteiger partial charge in [0.15, 0.2) is 0 Å². The second kappa shape index (κ2) is 8.95. The van der Waals surface area contributed by atoms with Crippen LogP contribution in [0.5, 0.6) is 5.75 Å². The van der Waals surface area contributed by atoms with Gasteiger partial charge in [0, 0.05) is 19.7 Å². The van der Waals surface area contributed by atoms with E-state index < -0.39 is 6.10 Å². The summed E-state index contributed by atoms with van der Waals surface area (Å²) in [7, 11) is 3.68. The quantitative estimate of drug-likeness (QED) is 0.755. The summed E-state index contributed by atoms with van der Waals surface area (Å²) < 4.78 is 10.7. The van der Waals surface area contributed by atoms with Gasteiger partial charge in [0.2, 0.25) is 0 Å². The zero-order valence-corrected chi connectivity index (χ0v) is 13.0. The molecule has 0 radical (unpaired) electrons. The Bertz CT molecular complexity index is 366.